The van der Waals surface area contributed by atoms with Crippen molar-refractivity contribution in [2.24, 2.45) is 7.05 Å². The van der Waals surface area contributed by atoms with Crippen LogP contribution in [0.2, 0.25) is 0 Å². The number of aliphatic hydroxyl groups is 1. The first-order chi connectivity index (χ1) is 6.57. The summed E-state index contributed by atoms with van der Waals surface area (Å²) in [6, 6.07) is 0. The molecule has 0 amide bonds. The maximum absolute atomic E-state index is 10.7. The topological polar surface area (TPSA) is 84.4 Å². The van der Waals surface area contributed by atoms with Crippen LogP contribution in [-0.2, 0) is 7.05 Å². The van der Waals surface area contributed by atoms with E-state index in [1.54, 1.807) is 14.1 Å². The SMILES string of the molecule is CN(CCO)c1ncn(C)c1[N+](=O)[O-]. The van der Waals surface area contributed by atoms with Gasteiger partial charge >= 0.3 is 5.82 Å². The minimum atomic E-state index is -0.490. The molecular weight excluding hydrogens is 188 g/mol. The van der Waals surface area contributed by atoms with Crippen LogP contribution in [0.4, 0.5) is 11.6 Å². The Morgan fingerprint density at radius 1 is 1.79 bits per heavy atom. The summed E-state index contributed by atoms with van der Waals surface area (Å²) in [5.41, 5.74) is 0. The molecule has 0 saturated carbocycles. The molecule has 0 atom stereocenters. The third-order valence-corrected chi connectivity index (χ3v) is 1.86. The molecule has 7 heteroatoms. The van der Waals surface area contributed by atoms with Crippen molar-refractivity contribution in [2.45, 2.75) is 0 Å². The maximum Gasteiger partial charge on any atom is 0.367 e. The van der Waals surface area contributed by atoms with Crippen molar-refractivity contribution in [3.8, 4) is 0 Å². The molecule has 0 aliphatic heterocycles. The predicted molar refractivity (Wildman–Crippen MR) is 50.2 cm³/mol. The largest absolute Gasteiger partial charge is 0.395 e. The zero-order chi connectivity index (χ0) is 10.7. The molecule has 0 unspecified atom stereocenters. The highest BCUT2D eigenvalue weighted by Crippen LogP contribution is 2.23. The zero-order valence-corrected chi connectivity index (χ0v) is 8.04. The van der Waals surface area contributed by atoms with Crippen LogP contribution in [0.3, 0.4) is 0 Å². The van der Waals surface area contributed by atoms with Gasteiger partial charge in [-0.1, -0.05) is 0 Å². The second-order valence-electron chi connectivity index (χ2n) is 2.90. The number of aryl methyl sites for hydroxylation is 1. The standard InChI is InChI=1S/C7H12N4O3/c1-9(3-4-12)6-7(11(13)14)10(2)5-8-6/h5,12H,3-4H2,1-2H3. The summed E-state index contributed by atoms with van der Waals surface area (Å²) in [7, 11) is 3.20. The quantitative estimate of drug-likeness (QED) is 0.535. The van der Waals surface area contributed by atoms with Crippen LogP contribution in [0.1, 0.15) is 0 Å². The van der Waals surface area contributed by atoms with E-state index in [1.807, 2.05) is 0 Å². The zero-order valence-electron chi connectivity index (χ0n) is 8.04. The second-order valence-corrected chi connectivity index (χ2v) is 2.90. The number of nitrogens with zero attached hydrogens (tertiary/aromatic N) is 4. The molecule has 0 saturated heterocycles. The number of imidazole rings is 1. The Balaban J connectivity index is 3.02. The van der Waals surface area contributed by atoms with Gasteiger partial charge in [0.2, 0.25) is 5.82 Å². The van der Waals surface area contributed by atoms with E-state index in [9.17, 15) is 10.1 Å². The molecule has 0 bridgehead atoms. The van der Waals surface area contributed by atoms with Crippen molar-refractivity contribution in [1.82, 2.24) is 9.55 Å². The van der Waals surface area contributed by atoms with Crippen molar-refractivity contribution in [2.75, 3.05) is 25.1 Å². The number of anilines is 1. The van der Waals surface area contributed by atoms with E-state index in [4.69, 9.17) is 5.11 Å². The van der Waals surface area contributed by atoms with Gasteiger partial charge in [0.1, 0.15) is 0 Å². The fourth-order valence-corrected chi connectivity index (χ4v) is 1.15. The van der Waals surface area contributed by atoms with Crippen molar-refractivity contribution < 1.29 is 10.0 Å². The molecule has 0 aromatic carbocycles. The Bertz CT molecular complexity index is 336. The molecule has 0 aliphatic rings. The molecule has 7 nitrogen and oxygen atoms in total. The van der Waals surface area contributed by atoms with Crippen LogP contribution >= 0.6 is 0 Å². The van der Waals surface area contributed by atoms with Gasteiger partial charge in [0.25, 0.3) is 0 Å². The molecule has 0 spiro atoms. The molecular formula is C7H12N4O3. The summed E-state index contributed by atoms with van der Waals surface area (Å²) in [6.07, 6.45) is 1.38. The fraction of sp³-hybridized carbons (Fsp3) is 0.571. The van der Waals surface area contributed by atoms with Gasteiger partial charge in [-0.05, 0) is 4.92 Å². The van der Waals surface area contributed by atoms with Gasteiger partial charge in [0.05, 0.1) is 13.7 Å². The summed E-state index contributed by atoms with van der Waals surface area (Å²) in [5.74, 6) is 0.201. The van der Waals surface area contributed by atoms with E-state index in [0.29, 0.717) is 6.54 Å². The van der Waals surface area contributed by atoms with E-state index in [2.05, 4.69) is 4.98 Å². The average molecular weight is 200 g/mol. The summed E-state index contributed by atoms with van der Waals surface area (Å²) < 4.78 is 1.34. The number of hydrogen-bond acceptors (Lipinski definition) is 5. The van der Waals surface area contributed by atoms with E-state index < -0.39 is 4.92 Å². The van der Waals surface area contributed by atoms with Gasteiger partial charge in [-0.15, -0.1) is 0 Å². The Labute approximate surface area is 80.7 Å². The molecule has 1 aromatic heterocycles. The smallest absolute Gasteiger partial charge is 0.367 e. The third kappa shape index (κ3) is 1.82. The second kappa shape index (κ2) is 4.05. The summed E-state index contributed by atoms with van der Waals surface area (Å²) in [4.78, 5) is 15.6. The summed E-state index contributed by atoms with van der Waals surface area (Å²) in [5, 5.41) is 19.4. The third-order valence-electron chi connectivity index (χ3n) is 1.86. The van der Waals surface area contributed by atoms with E-state index in [1.165, 1.54) is 15.8 Å². The lowest BCUT2D eigenvalue weighted by molar-refractivity contribution is -0.391. The lowest BCUT2D eigenvalue weighted by Gasteiger charge is -2.13. The van der Waals surface area contributed by atoms with Crippen molar-refractivity contribution in [3.63, 3.8) is 0 Å². The number of aliphatic hydroxyl groups excluding tert-OH is 1. The summed E-state index contributed by atoms with van der Waals surface area (Å²) in [6.45, 7) is 0.252. The number of nitro groups is 1. The van der Waals surface area contributed by atoms with E-state index in [0.717, 1.165) is 0 Å². The number of hydrogen-bond donors (Lipinski definition) is 1. The lowest BCUT2D eigenvalue weighted by Crippen LogP contribution is -2.22. The first kappa shape index (κ1) is 10.5. The molecule has 1 aromatic rings. The highest BCUT2D eigenvalue weighted by Gasteiger charge is 2.21. The number of aromatic nitrogens is 2. The monoisotopic (exact) mass is 200 g/mol. The Hall–Kier alpha value is -1.63. The molecule has 78 valence electrons. The van der Waals surface area contributed by atoms with Gasteiger partial charge in [-0.25, -0.2) is 4.57 Å². The normalized spacial score (nSPS) is 10.2. The minimum absolute atomic E-state index is 0.0652. The highest BCUT2D eigenvalue weighted by atomic mass is 16.6. The van der Waals surface area contributed by atoms with Crippen molar-refractivity contribution in [3.05, 3.63) is 16.4 Å². The van der Waals surface area contributed by atoms with Crippen LogP contribution in [0.25, 0.3) is 0 Å². The molecule has 1 N–H and O–H groups in total. The van der Waals surface area contributed by atoms with Gasteiger partial charge < -0.3 is 20.1 Å². The van der Waals surface area contributed by atoms with Gasteiger partial charge in [0.15, 0.2) is 6.33 Å². The van der Waals surface area contributed by atoms with Crippen molar-refractivity contribution in [1.29, 1.82) is 0 Å². The first-order valence-electron chi connectivity index (χ1n) is 4.05. The summed E-state index contributed by atoms with van der Waals surface area (Å²) >= 11 is 0. The molecule has 0 radical (unpaired) electrons. The highest BCUT2D eigenvalue weighted by molar-refractivity contribution is 5.53. The van der Waals surface area contributed by atoms with Crippen LogP contribution in [0, 0.1) is 10.1 Å². The van der Waals surface area contributed by atoms with Gasteiger partial charge in [0, 0.05) is 13.6 Å². The minimum Gasteiger partial charge on any atom is -0.395 e. The maximum atomic E-state index is 10.7. The average Bonchev–Trinajstić information content (AvgIpc) is 2.47. The molecule has 14 heavy (non-hydrogen) atoms. The number of likely N-dealkylation sites (N-methyl/N-ethyl adjacent to an activating group) is 1. The first-order valence-corrected chi connectivity index (χ1v) is 4.05. The fourth-order valence-electron chi connectivity index (χ4n) is 1.15. The lowest BCUT2D eigenvalue weighted by atomic mass is 10.5. The van der Waals surface area contributed by atoms with Crippen LogP contribution in [0.15, 0.2) is 6.33 Å². The Morgan fingerprint density at radius 3 is 2.93 bits per heavy atom. The molecule has 1 heterocycles. The van der Waals surface area contributed by atoms with Crippen LogP contribution < -0.4 is 4.90 Å². The number of rotatable bonds is 4. The molecule has 0 aliphatic carbocycles. The van der Waals surface area contributed by atoms with Gasteiger partial charge in [-0.2, -0.15) is 4.98 Å². The van der Waals surface area contributed by atoms with Crippen molar-refractivity contribution >= 4 is 11.6 Å². The predicted octanol–water partition coefficient (Wildman–Crippen LogP) is -0.243. The van der Waals surface area contributed by atoms with Gasteiger partial charge in [-0.3, -0.25) is 0 Å². The Kier molecular flexibility index (Phi) is 3.03. The van der Waals surface area contributed by atoms with E-state index in [-0.39, 0.29) is 18.2 Å². The van der Waals surface area contributed by atoms with Crippen LogP contribution in [-0.4, -0.2) is 39.8 Å². The molecule has 1 rings (SSSR count). The Morgan fingerprint density at radius 2 is 2.43 bits per heavy atom. The van der Waals surface area contributed by atoms with E-state index >= 15 is 0 Å². The molecule has 0 fully saturated rings. The van der Waals surface area contributed by atoms with Crippen LogP contribution in [0.5, 0.6) is 0 Å².